The Morgan fingerprint density at radius 2 is 1.56 bits per heavy atom. The van der Waals surface area contributed by atoms with Crippen LogP contribution in [-0.2, 0) is 19.8 Å². The minimum atomic E-state index is -1.23. The fourth-order valence-electron chi connectivity index (χ4n) is 4.96. The lowest BCUT2D eigenvalue weighted by atomic mass is 9.77. The Balaban J connectivity index is 1.22. The van der Waals surface area contributed by atoms with Gasteiger partial charge in [-0.2, -0.15) is 0 Å². The van der Waals surface area contributed by atoms with Crippen LogP contribution in [0.4, 0.5) is 0 Å². The number of benzene rings is 3. The highest BCUT2D eigenvalue weighted by Crippen LogP contribution is 2.55. The SMILES string of the molecule is O=C(NCCOCCOCCCCCCCl)c1ccc2c(c1)C1(OC2=O)c2cc[c]cc2Oc2c[c]ccc21. The summed E-state index contributed by atoms with van der Waals surface area (Å²) in [4.78, 5) is 26.0. The number of hydrogen-bond acceptors (Lipinski definition) is 6. The quantitative estimate of drug-likeness (QED) is 0.175. The third-order valence-electron chi connectivity index (χ3n) is 6.83. The van der Waals surface area contributed by atoms with E-state index in [4.69, 9.17) is 30.5 Å². The van der Waals surface area contributed by atoms with Crippen molar-refractivity contribution < 1.29 is 28.5 Å². The van der Waals surface area contributed by atoms with Gasteiger partial charge in [0.25, 0.3) is 5.91 Å². The molecular weight excluding hydrogens is 518 g/mol. The van der Waals surface area contributed by atoms with Gasteiger partial charge in [0, 0.05) is 41.3 Å². The number of carbonyl (C=O) groups is 2. The normalized spacial score (nSPS) is 14.2. The highest BCUT2D eigenvalue weighted by Gasteiger charge is 2.53. The summed E-state index contributed by atoms with van der Waals surface area (Å²) in [6.07, 6.45) is 4.31. The van der Waals surface area contributed by atoms with Crippen molar-refractivity contribution in [1.82, 2.24) is 5.32 Å². The molecule has 0 saturated carbocycles. The van der Waals surface area contributed by atoms with Gasteiger partial charge in [0.05, 0.1) is 25.4 Å². The molecule has 202 valence electrons. The number of rotatable bonds is 13. The summed E-state index contributed by atoms with van der Waals surface area (Å²) in [5.41, 5.74) is 1.55. The molecule has 0 fully saturated rings. The van der Waals surface area contributed by atoms with Crippen LogP contribution in [-0.4, -0.2) is 50.7 Å². The molecule has 0 atom stereocenters. The van der Waals surface area contributed by atoms with E-state index in [0.717, 1.165) is 25.7 Å². The van der Waals surface area contributed by atoms with E-state index in [0.29, 0.717) is 78.2 Å². The Bertz CT molecular complexity index is 1280. The second-order valence-electron chi connectivity index (χ2n) is 9.36. The van der Waals surface area contributed by atoms with Crippen molar-refractivity contribution in [2.75, 3.05) is 38.9 Å². The van der Waals surface area contributed by atoms with Gasteiger partial charge in [-0.1, -0.05) is 25.0 Å². The minimum Gasteiger partial charge on any atom is -0.456 e. The van der Waals surface area contributed by atoms with Gasteiger partial charge in [-0.05, 0) is 67.4 Å². The summed E-state index contributed by atoms with van der Waals surface area (Å²) in [6, 6.07) is 21.6. The summed E-state index contributed by atoms with van der Waals surface area (Å²) in [5, 5.41) is 2.89. The number of hydrogen-bond donors (Lipinski definition) is 1. The number of alkyl halides is 1. The van der Waals surface area contributed by atoms with Crippen LogP contribution in [0.1, 0.15) is 63.1 Å². The Morgan fingerprint density at radius 1 is 0.872 bits per heavy atom. The van der Waals surface area contributed by atoms with Crippen LogP contribution in [0.5, 0.6) is 11.5 Å². The number of carbonyl (C=O) groups excluding carboxylic acids is 2. The molecule has 1 spiro atoms. The maximum atomic E-state index is 13.0. The first kappa shape index (κ1) is 27.2. The summed E-state index contributed by atoms with van der Waals surface area (Å²) >= 11 is 5.67. The van der Waals surface area contributed by atoms with Crippen molar-refractivity contribution in [3.8, 4) is 11.5 Å². The predicted molar refractivity (Wildman–Crippen MR) is 146 cm³/mol. The molecule has 0 unspecified atom stereocenters. The topological polar surface area (TPSA) is 83.1 Å². The van der Waals surface area contributed by atoms with Gasteiger partial charge in [0.1, 0.15) is 11.5 Å². The molecule has 3 aromatic rings. The molecule has 1 N–H and O–H groups in total. The maximum Gasteiger partial charge on any atom is 0.340 e. The van der Waals surface area contributed by atoms with Crippen LogP contribution in [0.3, 0.4) is 0 Å². The second-order valence-corrected chi connectivity index (χ2v) is 9.74. The van der Waals surface area contributed by atoms with Gasteiger partial charge in [0.2, 0.25) is 0 Å². The zero-order valence-electron chi connectivity index (χ0n) is 21.6. The van der Waals surface area contributed by atoms with Gasteiger partial charge in [0.15, 0.2) is 5.60 Å². The molecule has 2 aliphatic rings. The fourth-order valence-corrected chi connectivity index (χ4v) is 5.15. The summed E-state index contributed by atoms with van der Waals surface area (Å²) in [6.45, 7) is 2.42. The van der Waals surface area contributed by atoms with Gasteiger partial charge >= 0.3 is 5.97 Å². The molecule has 7 nitrogen and oxygen atoms in total. The maximum absolute atomic E-state index is 13.0. The van der Waals surface area contributed by atoms with E-state index in [1.165, 1.54) is 0 Å². The van der Waals surface area contributed by atoms with Crippen molar-refractivity contribution >= 4 is 23.5 Å². The van der Waals surface area contributed by atoms with Crippen molar-refractivity contribution in [3.63, 3.8) is 0 Å². The average molecular weight is 548 g/mol. The van der Waals surface area contributed by atoms with Crippen molar-refractivity contribution in [1.29, 1.82) is 0 Å². The average Bonchev–Trinajstić information content (AvgIpc) is 3.25. The van der Waals surface area contributed by atoms with Crippen LogP contribution >= 0.6 is 11.6 Å². The van der Waals surface area contributed by atoms with Crippen molar-refractivity contribution in [3.05, 3.63) is 94.5 Å². The van der Waals surface area contributed by atoms with E-state index in [2.05, 4.69) is 17.4 Å². The Morgan fingerprint density at radius 3 is 2.28 bits per heavy atom. The van der Waals surface area contributed by atoms with E-state index in [1.807, 2.05) is 12.1 Å². The van der Waals surface area contributed by atoms with Gasteiger partial charge in [-0.25, -0.2) is 4.79 Å². The first-order chi connectivity index (χ1) is 19.1. The standard InChI is InChI=1S/C31H30ClNO6/c32-15-7-1-2-8-17-36-19-20-37-18-16-33-29(34)22-13-14-23-26(21-22)31(39-30(23)35)24-9-3-5-11-27(24)38-28-12-6-4-10-25(28)31/h3-4,9-14,21H,1-2,7-8,15-20H2,(H,33,34). The lowest BCUT2D eigenvalue weighted by Gasteiger charge is -2.36. The number of nitrogens with one attached hydrogen (secondary N) is 1. The molecule has 8 heteroatoms. The highest BCUT2D eigenvalue weighted by molar-refractivity contribution is 6.17. The summed E-state index contributed by atoms with van der Waals surface area (Å²) in [7, 11) is 0. The lowest BCUT2D eigenvalue weighted by molar-refractivity contribution is 0.0224. The molecule has 2 aliphatic heterocycles. The second kappa shape index (κ2) is 12.6. The summed E-state index contributed by atoms with van der Waals surface area (Å²) < 4.78 is 23.3. The van der Waals surface area contributed by atoms with Crippen LogP contribution in [0.15, 0.2) is 54.6 Å². The fraction of sp³-hybridized carbons (Fsp3) is 0.355. The highest BCUT2D eigenvalue weighted by atomic mass is 35.5. The molecule has 0 aromatic heterocycles. The molecular formula is C31H30ClNO6. The van der Waals surface area contributed by atoms with Crippen LogP contribution in [0.25, 0.3) is 0 Å². The van der Waals surface area contributed by atoms with E-state index < -0.39 is 11.6 Å². The molecule has 5 rings (SSSR count). The van der Waals surface area contributed by atoms with E-state index in [-0.39, 0.29) is 5.91 Å². The van der Waals surface area contributed by atoms with Crippen LogP contribution in [0, 0.1) is 12.1 Å². The molecule has 1 amide bonds. The number of amides is 1. The van der Waals surface area contributed by atoms with E-state index >= 15 is 0 Å². The lowest BCUT2D eigenvalue weighted by Crippen LogP contribution is -2.33. The first-order valence-corrected chi connectivity index (χ1v) is 13.7. The largest absolute Gasteiger partial charge is 0.456 e. The Labute approximate surface area is 233 Å². The van der Waals surface area contributed by atoms with Gasteiger partial charge in [-0.15, -0.1) is 11.6 Å². The monoisotopic (exact) mass is 547 g/mol. The molecule has 0 saturated heterocycles. The Kier molecular flexibility index (Phi) is 8.81. The molecule has 3 aromatic carbocycles. The number of unbranched alkanes of at least 4 members (excludes halogenated alkanes) is 3. The zero-order chi connectivity index (χ0) is 27.1. The molecule has 39 heavy (non-hydrogen) atoms. The first-order valence-electron chi connectivity index (χ1n) is 13.2. The Hall–Kier alpha value is -3.39. The van der Waals surface area contributed by atoms with E-state index in [9.17, 15) is 9.59 Å². The number of esters is 1. The molecule has 0 bridgehead atoms. The summed E-state index contributed by atoms with van der Waals surface area (Å²) in [5.74, 6) is 1.06. The van der Waals surface area contributed by atoms with E-state index in [1.54, 1.807) is 42.5 Å². The number of fused-ring (bicyclic) bond motifs is 6. The molecule has 2 heterocycles. The number of ether oxygens (including phenoxy) is 4. The van der Waals surface area contributed by atoms with Gasteiger partial charge < -0.3 is 24.3 Å². The van der Waals surface area contributed by atoms with Crippen molar-refractivity contribution in [2.45, 2.75) is 31.3 Å². The smallest absolute Gasteiger partial charge is 0.340 e. The minimum absolute atomic E-state index is 0.264. The van der Waals surface area contributed by atoms with Gasteiger partial charge in [-0.3, -0.25) is 4.79 Å². The third kappa shape index (κ3) is 5.66. The molecule has 2 radical (unpaired) electrons. The zero-order valence-corrected chi connectivity index (χ0v) is 22.4. The predicted octanol–water partition coefficient (Wildman–Crippen LogP) is 5.42. The van der Waals surface area contributed by atoms with Crippen LogP contribution in [0.2, 0.25) is 0 Å². The number of halogens is 1. The molecule has 0 aliphatic carbocycles. The van der Waals surface area contributed by atoms with Crippen molar-refractivity contribution in [2.24, 2.45) is 0 Å². The van der Waals surface area contributed by atoms with Crippen LogP contribution < -0.4 is 10.1 Å². The third-order valence-corrected chi connectivity index (χ3v) is 7.10.